The summed E-state index contributed by atoms with van der Waals surface area (Å²) in [5.41, 5.74) is 7.79. The van der Waals surface area contributed by atoms with Crippen LogP contribution in [0, 0.1) is 13.8 Å². The van der Waals surface area contributed by atoms with E-state index in [0.717, 1.165) is 0 Å². The van der Waals surface area contributed by atoms with Crippen LogP contribution in [0.2, 0.25) is 0 Å². The Morgan fingerprint density at radius 2 is 1.32 bits per heavy atom. The molecule has 0 N–H and O–H groups in total. The molecule has 0 saturated heterocycles. The molecule has 0 spiro atoms. The molecule has 1 aromatic heterocycles. The van der Waals surface area contributed by atoms with Crippen molar-refractivity contribution in [2.24, 2.45) is 7.05 Å². The standard InChI is InChI=1S/C18H18N/c1-13-11-16(12-14(2)19(13)3)18-10-9-15-7-5-4-6-8-17(15)18/h4-12H,1-3H3/q+1. The molecule has 1 nitrogen and oxygen atoms in total. The van der Waals surface area contributed by atoms with Crippen molar-refractivity contribution in [3.05, 3.63) is 66.0 Å². The van der Waals surface area contributed by atoms with Crippen molar-refractivity contribution in [1.82, 2.24) is 0 Å². The zero-order valence-corrected chi connectivity index (χ0v) is 11.6. The predicted molar refractivity (Wildman–Crippen MR) is 79.2 cm³/mol. The molecule has 0 fully saturated rings. The Kier molecular flexibility index (Phi) is 2.83. The molecule has 1 heteroatoms. The van der Waals surface area contributed by atoms with Gasteiger partial charge >= 0.3 is 0 Å². The molecule has 2 aliphatic rings. The molecule has 1 heterocycles. The summed E-state index contributed by atoms with van der Waals surface area (Å²) in [5, 5.41) is 0. The topological polar surface area (TPSA) is 3.88 Å². The van der Waals surface area contributed by atoms with Crippen molar-refractivity contribution in [3.63, 3.8) is 0 Å². The minimum atomic E-state index is 1.28. The first kappa shape index (κ1) is 11.9. The third-order valence-electron chi connectivity index (χ3n) is 3.89. The summed E-state index contributed by atoms with van der Waals surface area (Å²) >= 11 is 0. The minimum Gasteiger partial charge on any atom is -0.203 e. The number of nitrogens with zero attached hydrogens (tertiary/aromatic N) is 1. The number of aromatic nitrogens is 1. The zero-order chi connectivity index (χ0) is 13.4. The summed E-state index contributed by atoms with van der Waals surface area (Å²) in [7, 11) is 2.11. The van der Waals surface area contributed by atoms with E-state index < -0.39 is 0 Å². The average molecular weight is 248 g/mol. The summed E-state index contributed by atoms with van der Waals surface area (Å²) in [6, 6.07) is 19.6. The summed E-state index contributed by atoms with van der Waals surface area (Å²) in [6.07, 6.45) is 0. The van der Waals surface area contributed by atoms with Gasteiger partial charge < -0.3 is 0 Å². The highest BCUT2D eigenvalue weighted by Crippen LogP contribution is 2.34. The Bertz CT molecular complexity index is 690. The third kappa shape index (κ3) is 2.01. The van der Waals surface area contributed by atoms with E-state index in [1.807, 2.05) is 0 Å². The molecule has 0 saturated carbocycles. The first-order chi connectivity index (χ1) is 9.16. The summed E-state index contributed by atoms with van der Waals surface area (Å²) in [5.74, 6) is 0. The molecule has 1 aromatic rings. The maximum Gasteiger partial charge on any atom is 0.178 e. The number of aryl methyl sites for hydroxylation is 2. The molecule has 19 heavy (non-hydrogen) atoms. The molecular weight excluding hydrogens is 230 g/mol. The van der Waals surface area contributed by atoms with Gasteiger partial charge in [0.25, 0.3) is 0 Å². The van der Waals surface area contributed by atoms with Gasteiger partial charge in [0.15, 0.2) is 11.4 Å². The normalized spacial score (nSPS) is 10.9. The largest absolute Gasteiger partial charge is 0.203 e. The molecule has 0 amide bonds. The number of hydrogen-bond acceptors (Lipinski definition) is 0. The highest BCUT2D eigenvalue weighted by molar-refractivity contribution is 5.86. The van der Waals surface area contributed by atoms with Crippen LogP contribution in [0.3, 0.4) is 0 Å². The molecule has 0 aliphatic heterocycles. The molecule has 0 atom stereocenters. The Labute approximate surface area is 114 Å². The second-order valence-electron chi connectivity index (χ2n) is 5.11. The van der Waals surface area contributed by atoms with Crippen LogP contribution in [0.25, 0.3) is 22.3 Å². The van der Waals surface area contributed by atoms with E-state index in [4.69, 9.17) is 0 Å². The van der Waals surface area contributed by atoms with Gasteiger partial charge in [-0.1, -0.05) is 42.5 Å². The van der Waals surface area contributed by atoms with Gasteiger partial charge in [-0.3, -0.25) is 0 Å². The Morgan fingerprint density at radius 3 is 2.05 bits per heavy atom. The van der Waals surface area contributed by atoms with E-state index >= 15 is 0 Å². The maximum absolute atomic E-state index is 2.26. The van der Waals surface area contributed by atoms with E-state index in [1.165, 1.54) is 33.6 Å². The van der Waals surface area contributed by atoms with E-state index in [1.54, 1.807) is 0 Å². The van der Waals surface area contributed by atoms with Crippen LogP contribution in [0.1, 0.15) is 11.4 Å². The molecule has 0 unspecified atom stereocenters. The van der Waals surface area contributed by atoms with Gasteiger partial charge in [0.1, 0.15) is 7.05 Å². The van der Waals surface area contributed by atoms with Crippen molar-refractivity contribution >= 4 is 0 Å². The second-order valence-corrected chi connectivity index (χ2v) is 5.11. The lowest BCUT2D eigenvalue weighted by atomic mass is 10.0. The first-order valence-corrected chi connectivity index (χ1v) is 6.62. The number of fused-ring (bicyclic) bond motifs is 1. The van der Waals surface area contributed by atoms with Crippen molar-refractivity contribution in [3.8, 4) is 22.3 Å². The number of rotatable bonds is 1. The number of pyridine rings is 1. The summed E-state index contributed by atoms with van der Waals surface area (Å²) in [4.78, 5) is 0. The quantitative estimate of drug-likeness (QED) is 0.575. The fraction of sp³-hybridized carbons (Fsp3) is 0.167. The minimum absolute atomic E-state index is 1.28. The van der Waals surface area contributed by atoms with E-state index in [-0.39, 0.29) is 0 Å². The molecule has 0 aromatic carbocycles. The van der Waals surface area contributed by atoms with Gasteiger partial charge in [0.2, 0.25) is 0 Å². The fourth-order valence-corrected chi connectivity index (χ4v) is 2.59. The lowest BCUT2D eigenvalue weighted by molar-refractivity contribution is -0.683. The van der Waals surface area contributed by atoms with Gasteiger partial charge in [-0.15, -0.1) is 0 Å². The SMILES string of the molecule is Cc1cc(-c2ccc3cccccc2-3)cc(C)[n+]1C. The van der Waals surface area contributed by atoms with Crippen molar-refractivity contribution in [2.45, 2.75) is 13.8 Å². The monoisotopic (exact) mass is 248 g/mol. The summed E-state index contributed by atoms with van der Waals surface area (Å²) in [6.45, 7) is 4.31. The van der Waals surface area contributed by atoms with E-state index in [2.05, 4.69) is 80.1 Å². The lowest BCUT2D eigenvalue weighted by Gasteiger charge is -2.05. The molecular formula is C18H18N+. The van der Waals surface area contributed by atoms with E-state index in [0.29, 0.717) is 0 Å². The average Bonchev–Trinajstić information content (AvgIpc) is 2.64. The van der Waals surface area contributed by atoms with Gasteiger partial charge in [0.05, 0.1) is 0 Å². The Balaban J connectivity index is 2.22. The van der Waals surface area contributed by atoms with Gasteiger partial charge in [-0.2, -0.15) is 0 Å². The lowest BCUT2D eigenvalue weighted by Crippen LogP contribution is -2.35. The summed E-state index contributed by atoms with van der Waals surface area (Å²) < 4.78 is 2.22. The first-order valence-electron chi connectivity index (χ1n) is 6.62. The van der Waals surface area contributed by atoms with Gasteiger partial charge in [-0.25, -0.2) is 4.57 Å². The van der Waals surface area contributed by atoms with Gasteiger partial charge in [0, 0.05) is 26.0 Å². The van der Waals surface area contributed by atoms with Gasteiger partial charge in [-0.05, 0) is 22.3 Å². The van der Waals surface area contributed by atoms with Crippen LogP contribution in [0.5, 0.6) is 0 Å². The van der Waals surface area contributed by atoms with Crippen LogP contribution in [0.4, 0.5) is 0 Å². The van der Waals surface area contributed by atoms with Crippen molar-refractivity contribution < 1.29 is 4.57 Å². The molecule has 3 rings (SSSR count). The van der Waals surface area contributed by atoms with Crippen LogP contribution in [0.15, 0.2) is 54.6 Å². The second kappa shape index (κ2) is 4.51. The highest BCUT2D eigenvalue weighted by Gasteiger charge is 2.14. The fourth-order valence-electron chi connectivity index (χ4n) is 2.59. The molecule has 2 aliphatic carbocycles. The smallest absolute Gasteiger partial charge is 0.178 e. The van der Waals surface area contributed by atoms with Crippen molar-refractivity contribution in [1.29, 1.82) is 0 Å². The zero-order valence-electron chi connectivity index (χ0n) is 11.6. The van der Waals surface area contributed by atoms with Crippen LogP contribution in [-0.2, 0) is 7.05 Å². The molecule has 94 valence electrons. The Hall–Kier alpha value is -2.15. The Morgan fingerprint density at radius 1 is 0.684 bits per heavy atom. The van der Waals surface area contributed by atoms with Crippen LogP contribution in [-0.4, -0.2) is 0 Å². The van der Waals surface area contributed by atoms with Crippen LogP contribution >= 0.6 is 0 Å². The highest BCUT2D eigenvalue weighted by atomic mass is 14.9. The van der Waals surface area contributed by atoms with E-state index in [9.17, 15) is 0 Å². The third-order valence-corrected chi connectivity index (χ3v) is 3.89. The maximum atomic E-state index is 2.26. The molecule has 0 bridgehead atoms. The predicted octanol–water partition coefficient (Wildman–Crippen LogP) is 3.90. The van der Waals surface area contributed by atoms with Crippen LogP contribution < -0.4 is 4.57 Å². The molecule has 0 radical (unpaired) electrons. The van der Waals surface area contributed by atoms with Crippen molar-refractivity contribution in [2.75, 3.05) is 0 Å². The number of hydrogen-bond donors (Lipinski definition) is 0.